The standard InChI is InChI=1S/C25H35N3O6S/c1-5-27-35(31,32)23-13-8-20(9-14-23)10-15-24(29)28(19(2)25(30)26-16-17-33-3)18-21-6-11-22(34-4)12-7-21/h6-9,11-14,19,27H,5,10,15-18H2,1-4H3,(H,26,30). The van der Waals surface area contributed by atoms with Crippen molar-refractivity contribution in [2.45, 2.75) is 44.2 Å². The van der Waals surface area contributed by atoms with Crippen LogP contribution in [-0.2, 0) is 37.3 Å². The minimum atomic E-state index is -3.53. The van der Waals surface area contributed by atoms with E-state index in [1.807, 2.05) is 24.3 Å². The molecule has 10 heteroatoms. The molecule has 35 heavy (non-hydrogen) atoms. The van der Waals surface area contributed by atoms with Gasteiger partial charge >= 0.3 is 0 Å². The Morgan fingerprint density at radius 2 is 1.63 bits per heavy atom. The fourth-order valence-corrected chi connectivity index (χ4v) is 4.48. The van der Waals surface area contributed by atoms with Gasteiger partial charge in [-0.25, -0.2) is 13.1 Å². The number of benzene rings is 2. The van der Waals surface area contributed by atoms with Crippen molar-refractivity contribution in [3.05, 3.63) is 59.7 Å². The van der Waals surface area contributed by atoms with Crippen molar-refractivity contribution in [1.29, 1.82) is 0 Å². The fourth-order valence-electron chi connectivity index (χ4n) is 3.44. The smallest absolute Gasteiger partial charge is 0.242 e. The molecule has 2 aromatic rings. The second kappa shape index (κ2) is 13.8. The first kappa shape index (κ1) is 28.3. The number of aryl methyl sites for hydroxylation is 1. The minimum absolute atomic E-state index is 0.172. The number of hydrogen-bond donors (Lipinski definition) is 2. The molecule has 2 N–H and O–H groups in total. The van der Waals surface area contributed by atoms with Crippen LogP contribution >= 0.6 is 0 Å². The highest BCUT2D eigenvalue weighted by Gasteiger charge is 2.26. The summed E-state index contributed by atoms with van der Waals surface area (Å²) in [5.74, 6) is 0.262. The Morgan fingerprint density at radius 3 is 2.20 bits per heavy atom. The van der Waals surface area contributed by atoms with E-state index in [1.165, 1.54) is 12.1 Å². The number of ether oxygens (including phenoxy) is 2. The molecule has 1 atom stereocenters. The number of methoxy groups -OCH3 is 2. The summed E-state index contributed by atoms with van der Waals surface area (Å²) in [6, 6.07) is 13.1. The van der Waals surface area contributed by atoms with Gasteiger partial charge in [0.25, 0.3) is 0 Å². The third-order valence-corrected chi connectivity index (χ3v) is 7.04. The second-order valence-corrected chi connectivity index (χ2v) is 9.74. The Bertz CT molecular complexity index is 1060. The summed E-state index contributed by atoms with van der Waals surface area (Å²) in [5, 5.41) is 2.79. The van der Waals surface area contributed by atoms with Crippen LogP contribution in [0.15, 0.2) is 53.4 Å². The molecule has 2 rings (SSSR count). The Balaban J connectivity index is 2.12. The predicted molar refractivity (Wildman–Crippen MR) is 134 cm³/mol. The third-order valence-electron chi connectivity index (χ3n) is 5.48. The number of carbonyl (C=O) groups is 2. The number of amides is 2. The summed E-state index contributed by atoms with van der Waals surface area (Å²) in [7, 11) is -0.394. The van der Waals surface area contributed by atoms with E-state index in [-0.39, 0.29) is 29.7 Å². The van der Waals surface area contributed by atoms with Crippen LogP contribution in [-0.4, -0.2) is 65.1 Å². The quantitative estimate of drug-likeness (QED) is 0.380. The van der Waals surface area contributed by atoms with Crippen molar-refractivity contribution < 1.29 is 27.5 Å². The Morgan fingerprint density at radius 1 is 1.00 bits per heavy atom. The highest BCUT2D eigenvalue weighted by molar-refractivity contribution is 7.89. The zero-order valence-electron chi connectivity index (χ0n) is 20.7. The third kappa shape index (κ3) is 8.65. The van der Waals surface area contributed by atoms with E-state index in [9.17, 15) is 18.0 Å². The van der Waals surface area contributed by atoms with Gasteiger partial charge in [-0.2, -0.15) is 0 Å². The lowest BCUT2D eigenvalue weighted by Gasteiger charge is -2.29. The van der Waals surface area contributed by atoms with Crippen molar-refractivity contribution in [3.63, 3.8) is 0 Å². The first-order valence-electron chi connectivity index (χ1n) is 11.5. The summed E-state index contributed by atoms with van der Waals surface area (Å²) in [4.78, 5) is 27.6. The van der Waals surface area contributed by atoms with E-state index in [0.717, 1.165) is 11.1 Å². The molecule has 0 aliphatic rings. The summed E-state index contributed by atoms with van der Waals surface area (Å²) >= 11 is 0. The average molecular weight is 506 g/mol. The molecule has 0 aliphatic carbocycles. The van der Waals surface area contributed by atoms with Gasteiger partial charge in [-0.3, -0.25) is 9.59 Å². The fraction of sp³-hybridized carbons (Fsp3) is 0.440. The van der Waals surface area contributed by atoms with E-state index < -0.39 is 16.1 Å². The van der Waals surface area contributed by atoms with Crippen LogP contribution in [0.2, 0.25) is 0 Å². The van der Waals surface area contributed by atoms with Crippen LogP contribution in [0.4, 0.5) is 0 Å². The average Bonchev–Trinajstić information content (AvgIpc) is 2.86. The zero-order chi connectivity index (χ0) is 25.8. The Kier molecular flexibility index (Phi) is 11.2. The van der Waals surface area contributed by atoms with Gasteiger partial charge in [0.05, 0.1) is 18.6 Å². The molecular formula is C25H35N3O6S. The topological polar surface area (TPSA) is 114 Å². The number of hydrogen-bond acceptors (Lipinski definition) is 6. The molecule has 1 unspecified atom stereocenters. The molecule has 0 saturated carbocycles. The molecule has 0 spiro atoms. The lowest BCUT2D eigenvalue weighted by atomic mass is 10.1. The van der Waals surface area contributed by atoms with Crippen LogP contribution < -0.4 is 14.8 Å². The Labute approximate surface area is 207 Å². The molecule has 2 amide bonds. The molecule has 0 radical (unpaired) electrons. The first-order valence-corrected chi connectivity index (χ1v) is 13.0. The summed E-state index contributed by atoms with van der Waals surface area (Å²) in [6.07, 6.45) is 0.586. The van der Waals surface area contributed by atoms with Crippen molar-refractivity contribution in [3.8, 4) is 5.75 Å². The molecule has 0 aromatic heterocycles. The van der Waals surface area contributed by atoms with Crippen molar-refractivity contribution in [2.75, 3.05) is 33.9 Å². The van der Waals surface area contributed by atoms with Gasteiger partial charge in [0.1, 0.15) is 11.8 Å². The van der Waals surface area contributed by atoms with Crippen molar-refractivity contribution in [2.24, 2.45) is 0 Å². The monoisotopic (exact) mass is 505 g/mol. The van der Waals surface area contributed by atoms with Gasteiger partial charge in [-0.1, -0.05) is 31.2 Å². The number of nitrogens with zero attached hydrogens (tertiary/aromatic N) is 1. The minimum Gasteiger partial charge on any atom is -0.497 e. The normalized spacial score (nSPS) is 12.1. The molecule has 192 valence electrons. The second-order valence-electron chi connectivity index (χ2n) is 7.97. The van der Waals surface area contributed by atoms with Gasteiger partial charge in [0.2, 0.25) is 21.8 Å². The highest BCUT2D eigenvalue weighted by Crippen LogP contribution is 2.17. The number of rotatable bonds is 14. The van der Waals surface area contributed by atoms with Crippen LogP contribution in [0.5, 0.6) is 5.75 Å². The van der Waals surface area contributed by atoms with Gasteiger partial charge in [-0.05, 0) is 48.7 Å². The maximum absolute atomic E-state index is 13.2. The molecule has 0 saturated heterocycles. The van der Waals surface area contributed by atoms with Crippen LogP contribution in [0.1, 0.15) is 31.4 Å². The van der Waals surface area contributed by atoms with E-state index in [0.29, 0.717) is 31.9 Å². The number of nitrogens with one attached hydrogen (secondary N) is 2. The number of carbonyl (C=O) groups excluding carboxylic acids is 2. The SMILES string of the molecule is CCNS(=O)(=O)c1ccc(CCC(=O)N(Cc2ccc(OC)cc2)C(C)C(=O)NCCOC)cc1. The van der Waals surface area contributed by atoms with Gasteiger partial charge < -0.3 is 19.7 Å². The molecular weight excluding hydrogens is 470 g/mol. The van der Waals surface area contributed by atoms with E-state index in [1.54, 1.807) is 45.1 Å². The Hall–Kier alpha value is -2.95. The molecule has 0 bridgehead atoms. The van der Waals surface area contributed by atoms with Crippen LogP contribution in [0, 0.1) is 0 Å². The maximum Gasteiger partial charge on any atom is 0.242 e. The van der Waals surface area contributed by atoms with Gasteiger partial charge in [0.15, 0.2) is 0 Å². The zero-order valence-corrected chi connectivity index (χ0v) is 21.6. The lowest BCUT2D eigenvalue weighted by Crippen LogP contribution is -2.48. The molecule has 0 heterocycles. The summed E-state index contributed by atoms with van der Waals surface area (Å²) in [5.41, 5.74) is 1.70. The van der Waals surface area contributed by atoms with Gasteiger partial charge in [0, 0.05) is 33.2 Å². The maximum atomic E-state index is 13.2. The highest BCUT2D eigenvalue weighted by atomic mass is 32.2. The van der Waals surface area contributed by atoms with E-state index in [2.05, 4.69) is 10.0 Å². The molecule has 0 aliphatic heterocycles. The first-order chi connectivity index (χ1) is 16.7. The van der Waals surface area contributed by atoms with E-state index >= 15 is 0 Å². The molecule has 2 aromatic carbocycles. The van der Waals surface area contributed by atoms with E-state index in [4.69, 9.17) is 9.47 Å². The molecule has 9 nitrogen and oxygen atoms in total. The summed E-state index contributed by atoms with van der Waals surface area (Å²) in [6.45, 7) is 4.72. The largest absolute Gasteiger partial charge is 0.497 e. The predicted octanol–water partition coefficient (Wildman–Crippen LogP) is 2.11. The van der Waals surface area contributed by atoms with Crippen LogP contribution in [0.25, 0.3) is 0 Å². The van der Waals surface area contributed by atoms with Gasteiger partial charge in [-0.15, -0.1) is 0 Å². The number of sulfonamides is 1. The summed E-state index contributed by atoms with van der Waals surface area (Å²) < 4.78 is 36.9. The van der Waals surface area contributed by atoms with Crippen LogP contribution in [0.3, 0.4) is 0 Å². The lowest BCUT2D eigenvalue weighted by molar-refractivity contribution is -0.140. The van der Waals surface area contributed by atoms with Crippen molar-refractivity contribution in [1.82, 2.24) is 14.9 Å². The van der Waals surface area contributed by atoms with Crippen molar-refractivity contribution >= 4 is 21.8 Å². The molecule has 0 fully saturated rings.